The summed E-state index contributed by atoms with van der Waals surface area (Å²) in [5, 5.41) is 10.2. The third kappa shape index (κ3) is 4.80. The molecule has 1 aliphatic heterocycles. The lowest BCUT2D eigenvalue weighted by Crippen LogP contribution is -2.42. The summed E-state index contributed by atoms with van der Waals surface area (Å²) in [7, 11) is 1.76. The predicted octanol–water partition coefficient (Wildman–Crippen LogP) is 0.529. The molecule has 1 fully saturated rings. The van der Waals surface area contributed by atoms with Crippen molar-refractivity contribution in [2.75, 3.05) is 33.2 Å². The fraction of sp³-hybridized carbons (Fsp3) is 0.769. The van der Waals surface area contributed by atoms with Crippen LogP contribution in [0.2, 0.25) is 0 Å². The van der Waals surface area contributed by atoms with Gasteiger partial charge in [-0.2, -0.15) is 4.98 Å². The van der Waals surface area contributed by atoms with Gasteiger partial charge in [0.2, 0.25) is 5.89 Å². The fourth-order valence-corrected chi connectivity index (χ4v) is 2.31. The van der Waals surface area contributed by atoms with E-state index in [1.807, 2.05) is 0 Å². The van der Waals surface area contributed by atoms with Gasteiger partial charge in [-0.25, -0.2) is 0 Å². The van der Waals surface area contributed by atoms with Gasteiger partial charge < -0.3 is 20.1 Å². The second-order valence-electron chi connectivity index (χ2n) is 4.99. The number of aryl methyl sites for hydroxylation is 1. The van der Waals surface area contributed by atoms with Crippen molar-refractivity contribution in [3.8, 4) is 0 Å². The van der Waals surface area contributed by atoms with Crippen molar-refractivity contribution in [2.24, 2.45) is 4.99 Å². The molecule has 1 aliphatic rings. The van der Waals surface area contributed by atoms with Crippen molar-refractivity contribution in [2.45, 2.75) is 32.7 Å². The van der Waals surface area contributed by atoms with E-state index in [4.69, 9.17) is 4.52 Å². The SMILES string of the molecule is CN=C(NCCN1CCCCC1)NCc1nc(C)no1. The van der Waals surface area contributed by atoms with Crippen molar-refractivity contribution in [3.05, 3.63) is 11.7 Å². The second kappa shape index (κ2) is 7.84. The fourth-order valence-electron chi connectivity index (χ4n) is 2.31. The van der Waals surface area contributed by atoms with Gasteiger partial charge in [0.1, 0.15) is 0 Å². The lowest BCUT2D eigenvalue weighted by atomic mass is 10.1. The molecule has 0 atom stereocenters. The molecule has 20 heavy (non-hydrogen) atoms. The first-order chi connectivity index (χ1) is 9.78. The van der Waals surface area contributed by atoms with Crippen LogP contribution in [0.1, 0.15) is 31.0 Å². The molecule has 1 aromatic heterocycles. The number of likely N-dealkylation sites (tertiary alicyclic amines) is 1. The summed E-state index contributed by atoms with van der Waals surface area (Å²) in [4.78, 5) is 10.8. The molecule has 2 heterocycles. The average molecular weight is 280 g/mol. The molecule has 0 unspecified atom stereocenters. The van der Waals surface area contributed by atoms with Crippen molar-refractivity contribution >= 4 is 5.96 Å². The van der Waals surface area contributed by atoms with E-state index >= 15 is 0 Å². The van der Waals surface area contributed by atoms with E-state index < -0.39 is 0 Å². The average Bonchev–Trinajstić information content (AvgIpc) is 2.89. The molecule has 112 valence electrons. The van der Waals surface area contributed by atoms with E-state index in [-0.39, 0.29) is 0 Å². The normalized spacial score (nSPS) is 17.2. The molecule has 0 aliphatic carbocycles. The number of guanidine groups is 1. The zero-order valence-electron chi connectivity index (χ0n) is 12.4. The van der Waals surface area contributed by atoms with E-state index in [1.165, 1.54) is 32.4 Å². The Labute approximate surface area is 119 Å². The number of rotatable bonds is 5. The Morgan fingerprint density at radius 1 is 1.30 bits per heavy atom. The molecule has 0 bridgehead atoms. The highest BCUT2D eigenvalue weighted by Gasteiger charge is 2.09. The van der Waals surface area contributed by atoms with Crippen molar-refractivity contribution in [3.63, 3.8) is 0 Å². The molecular formula is C13H24N6O. The molecular weight excluding hydrogens is 256 g/mol. The molecule has 1 aromatic rings. The van der Waals surface area contributed by atoms with Gasteiger partial charge in [0.05, 0.1) is 6.54 Å². The van der Waals surface area contributed by atoms with Crippen LogP contribution in [0, 0.1) is 6.92 Å². The first-order valence-electron chi connectivity index (χ1n) is 7.24. The van der Waals surface area contributed by atoms with Crippen LogP contribution in [0.25, 0.3) is 0 Å². The smallest absolute Gasteiger partial charge is 0.246 e. The molecule has 1 saturated heterocycles. The first-order valence-corrected chi connectivity index (χ1v) is 7.24. The number of nitrogens with one attached hydrogen (secondary N) is 2. The zero-order valence-corrected chi connectivity index (χ0v) is 12.4. The number of hydrogen-bond acceptors (Lipinski definition) is 5. The van der Waals surface area contributed by atoms with Gasteiger partial charge in [0.15, 0.2) is 11.8 Å². The molecule has 7 heteroatoms. The Bertz CT molecular complexity index is 424. The van der Waals surface area contributed by atoms with Gasteiger partial charge in [-0.3, -0.25) is 4.99 Å². The minimum absolute atomic E-state index is 0.490. The lowest BCUT2D eigenvalue weighted by molar-refractivity contribution is 0.232. The zero-order chi connectivity index (χ0) is 14.2. The van der Waals surface area contributed by atoms with Crippen LogP contribution in [-0.4, -0.2) is 54.2 Å². The summed E-state index contributed by atoms with van der Waals surface area (Å²) in [6, 6.07) is 0. The molecule has 0 radical (unpaired) electrons. The third-order valence-electron chi connectivity index (χ3n) is 3.37. The topological polar surface area (TPSA) is 78.6 Å². The Morgan fingerprint density at radius 3 is 2.75 bits per heavy atom. The molecule has 0 amide bonds. The van der Waals surface area contributed by atoms with Crippen LogP contribution < -0.4 is 10.6 Å². The molecule has 0 spiro atoms. The molecule has 0 aromatic carbocycles. The van der Waals surface area contributed by atoms with Crippen molar-refractivity contribution in [1.82, 2.24) is 25.7 Å². The summed E-state index contributed by atoms with van der Waals surface area (Å²) < 4.78 is 5.04. The third-order valence-corrected chi connectivity index (χ3v) is 3.37. The lowest BCUT2D eigenvalue weighted by Gasteiger charge is -2.26. The first kappa shape index (κ1) is 14.8. The highest BCUT2D eigenvalue weighted by atomic mass is 16.5. The maximum Gasteiger partial charge on any atom is 0.246 e. The van der Waals surface area contributed by atoms with E-state index in [0.717, 1.165) is 19.0 Å². The maximum atomic E-state index is 5.04. The van der Waals surface area contributed by atoms with Crippen molar-refractivity contribution in [1.29, 1.82) is 0 Å². The van der Waals surface area contributed by atoms with Gasteiger partial charge in [0.25, 0.3) is 0 Å². The van der Waals surface area contributed by atoms with Crippen molar-refractivity contribution < 1.29 is 4.52 Å². The summed E-state index contributed by atoms with van der Waals surface area (Å²) in [5.74, 6) is 1.98. The highest BCUT2D eigenvalue weighted by Crippen LogP contribution is 2.07. The van der Waals surface area contributed by atoms with Crippen LogP contribution in [-0.2, 0) is 6.54 Å². The van der Waals surface area contributed by atoms with Gasteiger partial charge in [-0.1, -0.05) is 11.6 Å². The largest absolute Gasteiger partial charge is 0.355 e. The Hall–Kier alpha value is -1.63. The van der Waals surface area contributed by atoms with E-state index in [9.17, 15) is 0 Å². The molecule has 2 rings (SSSR count). The number of aromatic nitrogens is 2. The van der Waals surface area contributed by atoms with E-state index in [1.54, 1.807) is 14.0 Å². The number of aliphatic imine (C=N–C) groups is 1. The predicted molar refractivity (Wildman–Crippen MR) is 77.5 cm³/mol. The molecule has 7 nitrogen and oxygen atoms in total. The quantitative estimate of drug-likeness (QED) is 0.605. The Morgan fingerprint density at radius 2 is 2.10 bits per heavy atom. The van der Waals surface area contributed by atoms with Crippen LogP contribution in [0.5, 0.6) is 0 Å². The van der Waals surface area contributed by atoms with Gasteiger partial charge in [-0.15, -0.1) is 0 Å². The number of hydrogen-bond donors (Lipinski definition) is 2. The minimum Gasteiger partial charge on any atom is -0.355 e. The summed E-state index contributed by atoms with van der Waals surface area (Å²) in [6.07, 6.45) is 4.02. The highest BCUT2D eigenvalue weighted by molar-refractivity contribution is 5.79. The Balaban J connectivity index is 1.64. The number of nitrogens with zero attached hydrogens (tertiary/aromatic N) is 4. The summed E-state index contributed by atoms with van der Waals surface area (Å²) >= 11 is 0. The van der Waals surface area contributed by atoms with E-state index in [0.29, 0.717) is 18.3 Å². The Kier molecular flexibility index (Phi) is 5.79. The van der Waals surface area contributed by atoms with Gasteiger partial charge in [-0.05, 0) is 32.9 Å². The second-order valence-corrected chi connectivity index (χ2v) is 4.99. The van der Waals surface area contributed by atoms with Gasteiger partial charge >= 0.3 is 0 Å². The van der Waals surface area contributed by atoms with Crippen LogP contribution >= 0.6 is 0 Å². The standard InChI is InChI=1S/C13H24N6O/c1-11-17-12(20-18-11)10-16-13(14-2)15-6-9-19-7-4-3-5-8-19/h3-10H2,1-2H3,(H2,14,15,16). The van der Waals surface area contributed by atoms with E-state index in [2.05, 4.69) is 30.7 Å². The monoisotopic (exact) mass is 280 g/mol. The van der Waals surface area contributed by atoms with Crippen LogP contribution in [0.4, 0.5) is 0 Å². The van der Waals surface area contributed by atoms with Crippen LogP contribution in [0.3, 0.4) is 0 Å². The minimum atomic E-state index is 0.490. The summed E-state index contributed by atoms with van der Waals surface area (Å²) in [6.45, 7) is 6.68. The maximum absolute atomic E-state index is 5.04. The molecule has 2 N–H and O–H groups in total. The molecule has 0 saturated carbocycles. The summed E-state index contributed by atoms with van der Waals surface area (Å²) in [5.41, 5.74) is 0. The number of piperidine rings is 1. The van der Waals surface area contributed by atoms with Gasteiger partial charge in [0, 0.05) is 20.1 Å². The van der Waals surface area contributed by atoms with Crippen LogP contribution in [0.15, 0.2) is 9.52 Å².